The molecule has 0 unspecified atom stereocenters. The number of aromatic nitrogens is 3. The minimum Gasteiger partial charge on any atom is -0.208 e. The van der Waals surface area contributed by atoms with Gasteiger partial charge in [-0.3, -0.25) is 0 Å². The lowest BCUT2D eigenvalue weighted by atomic mass is 9.97. The Morgan fingerprint density at radius 3 is 1.77 bits per heavy atom. The van der Waals surface area contributed by atoms with Crippen molar-refractivity contribution in [2.75, 3.05) is 0 Å². The molecular weight excluding hydrogens is 623 g/mol. The number of benzene rings is 7. The molecule has 10 rings (SSSR count). The van der Waals surface area contributed by atoms with Crippen LogP contribution in [0.4, 0.5) is 0 Å². The van der Waals surface area contributed by atoms with Crippen LogP contribution in [0, 0.1) is 0 Å². The SMILES string of the molecule is c1cc(-c2nc(-c3ccc4sc5ccccc5c4c3)nc(-c3cccc4sc5ccccc5c34)n2)cc(-c2cccc3ccccc23)c1. The quantitative estimate of drug-likeness (QED) is 0.191. The van der Waals surface area contributed by atoms with Crippen molar-refractivity contribution in [3.63, 3.8) is 0 Å². The third-order valence-corrected chi connectivity index (χ3v) is 11.4. The van der Waals surface area contributed by atoms with Gasteiger partial charge in [0.1, 0.15) is 0 Å². The van der Waals surface area contributed by atoms with Crippen LogP contribution < -0.4 is 0 Å². The highest BCUT2D eigenvalue weighted by Crippen LogP contribution is 2.41. The number of fused-ring (bicyclic) bond motifs is 7. The van der Waals surface area contributed by atoms with Crippen molar-refractivity contribution < 1.29 is 0 Å². The van der Waals surface area contributed by atoms with E-state index in [0.717, 1.165) is 22.3 Å². The van der Waals surface area contributed by atoms with Gasteiger partial charge in [-0.1, -0.05) is 109 Å². The fourth-order valence-corrected chi connectivity index (χ4v) is 9.10. The lowest BCUT2D eigenvalue weighted by molar-refractivity contribution is 1.08. The molecule has 0 aliphatic rings. The van der Waals surface area contributed by atoms with Crippen LogP contribution >= 0.6 is 22.7 Å². The second kappa shape index (κ2) is 10.9. The van der Waals surface area contributed by atoms with Crippen LogP contribution in [-0.2, 0) is 0 Å². The molecule has 0 aliphatic heterocycles. The van der Waals surface area contributed by atoms with Crippen LogP contribution in [0.3, 0.4) is 0 Å². The summed E-state index contributed by atoms with van der Waals surface area (Å²) in [6.45, 7) is 0. The van der Waals surface area contributed by atoms with Gasteiger partial charge >= 0.3 is 0 Å². The largest absolute Gasteiger partial charge is 0.208 e. The van der Waals surface area contributed by atoms with E-state index in [0.29, 0.717) is 17.5 Å². The van der Waals surface area contributed by atoms with E-state index in [1.54, 1.807) is 11.3 Å². The van der Waals surface area contributed by atoms with Crippen molar-refractivity contribution in [2.24, 2.45) is 0 Å². The summed E-state index contributed by atoms with van der Waals surface area (Å²) in [5, 5.41) is 7.33. The van der Waals surface area contributed by atoms with Gasteiger partial charge in [-0.05, 0) is 64.4 Å². The summed E-state index contributed by atoms with van der Waals surface area (Å²) in [6, 6.07) is 53.8. The molecule has 0 atom stereocenters. The summed E-state index contributed by atoms with van der Waals surface area (Å²) in [4.78, 5) is 15.6. The summed E-state index contributed by atoms with van der Waals surface area (Å²) >= 11 is 3.62. The van der Waals surface area contributed by atoms with Crippen LogP contribution in [-0.4, -0.2) is 15.0 Å². The predicted octanol–water partition coefficient (Wildman–Crippen LogP) is 12.4. The standard InChI is InChI=1S/C43H25N3S2/c1-2-14-30-26(10-1)11-8-17-31(30)27-12-7-13-28(24-27)41-44-42(29-22-23-38-35(25-29)32-15-3-5-19-36(32)47-38)46-43(45-41)34-18-9-21-39-40(34)33-16-4-6-20-37(33)48-39/h1-25H. The predicted molar refractivity (Wildman–Crippen MR) is 205 cm³/mol. The van der Waals surface area contributed by atoms with Gasteiger partial charge in [0.05, 0.1) is 0 Å². The minimum atomic E-state index is 0.656. The second-order valence-electron chi connectivity index (χ2n) is 12.0. The molecule has 3 aromatic heterocycles. The average Bonchev–Trinajstić information content (AvgIpc) is 3.72. The smallest absolute Gasteiger partial charge is 0.164 e. The molecule has 5 heteroatoms. The molecule has 0 saturated heterocycles. The van der Waals surface area contributed by atoms with Gasteiger partial charge in [-0.2, -0.15) is 0 Å². The molecule has 0 bridgehead atoms. The summed E-state index contributed by atoms with van der Waals surface area (Å²) in [5.74, 6) is 2.00. The van der Waals surface area contributed by atoms with E-state index in [1.807, 2.05) is 11.3 Å². The fraction of sp³-hybridized carbons (Fsp3) is 0. The van der Waals surface area contributed by atoms with Gasteiger partial charge in [-0.15, -0.1) is 22.7 Å². The van der Waals surface area contributed by atoms with Gasteiger partial charge in [0, 0.05) is 57.0 Å². The first-order valence-corrected chi connectivity index (χ1v) is 17.6. The van der Waals surface area contributed by atoms with Gasteiger partial charge in [-0.25, -0.2) is 15.0 Å². The van der Waals surface area contributed by atoms with Crippen LogP contribution in [0.1, 0.15) is 0 Å². The van der Waals surface area contributed by atoms with Crippen molar-refractivity contribution in [3.05, 3.63) is 152 Å². The molecule has 0 aliphatic carbocycles. The zero-order valence-corrected chi connectivity index (χ0v) is 27.2. The first-order valence-electron chi connectivity index (χ1n) is 15.9. The van der Waals surface area contributed by atoms with E-state index in [4.69, 9.17) is 15.0 Å². The maximum atomic E-state index is 5.22. The van der Waals surface area contributed by atoms with Crippen molar-refractivity contribution in [2.45, 2.75) is 0 Å². The van der Waals surface area contributed by atoms with E-state index >= 15 is 0 Å². The van der Waals surface area contributed by atoms with Crippen molar-refractivity contribution in [3.8, 4) is 45.3 Å². The first-order chi connectivity index (χ1) is 23.8. The maximum absolute atomic E-state index is 5.22. The number of rotatable bonds is 4. The summed E-state index contributed by atoms with van der Waals surface area (Å²) < 4.78 is 5.02. The van der Waals surface area contributed by atoms with Crippen LogP contribution in [0.15, 0.2) is 152 Å². The molecular formula is C43H25N3S2. The fourth-order valence-electron chi connectivity index (χ4n) is 6.88. The number of thiophene rings is 2. The second-order valence-corrected chi connectivity index (χ2v) is 14.2. The van der Waals surface area contributed by atoms with Gasteiger partial charge in [0.2, 0.25) is 0 Å². The summed E-state index contributed by atoms with van der Waals surface area (Å²) in [7, 11) is 0. The molecule has 0 amide bonds. The highest BCUT2D eigenvalue weighted by molar-refractivity contribution is 7.26. The third-order valence-electron chi connectivity index (χ3n) is 9.14. The van der Waals surface area contributed by atoms with E-state index in [2.05, 4.69) is 152 Å². The molecule has 10 aromatic rings. The van der Waals surface area contributed by atoms with Crippen LogP contribution in [0.5, 0.6) is 0 Å². The Labute approximate surface area is 284 Å². The molecule has 3 heterocycles. The van der Waals surface area contributed by atoms with Gasteiger partial charge in [0.25, 0.3) is 0 Å². The Kier molecular flexibility index (Phi) is 6.22. The average molecular weight is 648 g/mol. The van der Waals surface area contributed by atoms with E-state index < -0.39 is 0 Å². The topological polar surface area (TPSA) is 38.7 Å². The van der Waals surface area contributed by atoms with E-state index in [-0.39, 0.29) is 0 Å². The molecule has 0 spiro atoms. The van der Waals surface area contributed by atoms with Crippen LogP contribution in [0.2, 0.25) is 0 Å². The van der Waals surface area contributed by atoms with Crippen LogP contribution in [0.25, 0.3) is 96.4 Å². The highest BCUT2D eigenvalue weighted by Gasteiger charge is 2.18. The Morgan fingerprint density at radius 2 is 0.896 bits per heavy atom. The molecule has 0 saturated carbocycles. The van der Waals surface area contributed by atoms with Crippen molar-refractivity contribution in [1.82, 2.24) is 15.0 Å². The molecule has 7 aromatic carbocycles. The maximum Gasteiger partial charge on any atom is 0.164 e. The summed E-state index contributed by atoms with van der Waals surface area (Å²) in [6.07, 6.45) is 0. The number of hydrogen-bond donors (Lipinski definition) is 0. The minimum absolute atomic E-state index is 0.656. The first kappa shape index (κ1) is 27.4. The molecule has 0 N–H and O–H groups in total. The summed E-state index contributed by atoms with van der Waals surface area (Å²) in [5.41, 5.74) is 5.26. The molecule has 0 radical (unpaired) electrons. The third kappa shape index (κ3) is 4.43. The van der Waals surface area contributed by atoms with E-state index in [9.17, 15) is 0 Å². The molecule has 0 fully saturated rings. The van der Waals surface area contributed by atoms with Crippen molar-refractivity contribution >= 4 is 73.8 Å². The number of hydrogen-bond acceptors (Lipinski definition) is 5. The van der Waals surface area contributed by atoms with Gasteiger partial charge in [0.15, 0.2) is 17.5 Å². The number of nitrogens with zero attached hydrogens (tertiary/aromatic N) is 3. The Balaban J connectivity index is 1.21. The normalized spacial score (nSPS) is 11.8. The molecule has 48 heavy (non-hydrogen) atoms. The Morgan fingerprint density at radius 1 is 0.333 bits per heavy atom. The zero-order valence-electron chi connectivity index (χ0n) is 25.6. The van der Waals surface area contributed by atoms with Gasteiger partial charge < -0.3 is 0 Å². The lowest BCUT2D eigenvalue weighted by Gasteiger charge is -2.11. The highest BCUT2D eigenvalue weighted by atomic mass is 32.1. The zero-order chi connectivity index (χ0) is 31.6. The lowest BCUT2D eigenvalue weighted by Crippen LogP contribution is -2.00. The molecule has 3 nitrogen and oxygen atoms in total. The Bertz CT molecular complexity index is 2860. The van der Waals surface area contributed by atoms with E-state index in [1.165, 1.54) is 56.7 Å². The van der Waals surface area contributed by atoms with Crippen molar-refractivity contribution in [1.29, 1.82) is 0 Å². The monoisotopic (exact) mass is 647 g/mol. The Hall–Kier alpha value is -5.75. The molecule has 224 valence electrons.